The molecule has 0 aliphatic heterocycles. The van der Waals surface area contributed by atoms with E-state index in [9.17, 15) is 4.79 Å². The highest BCUT2D eigenvalue weighted by molar-refractivity contribution is 4.82. The third-order valence-electron chi connectivity index (χ3n) is 1.42. The van der Waals surface area contributed by atoms with E-state index < -0.39 is 0 Å². The Morgan fingerprint density at radius 3 is 2.60 bits per heavy atom. The smallest absolute Gasteiger partial charge is 0.254 e. The molecule has 0 aliphatic carbocycles. The molecule has 54 valence electrons. The molecule has 0 aliphatic rings. The predicted molar refractivity (Wildman–Crippen MR) is 36.5 cm³/mol. The quantitative estimate of drug-likeness (QED) is 0.503. The van der Waals surface area contributed by atoms with Gasteiger partial charge in [0.1, 0.15) is 0 Å². The van der Waals surface area contributed by atoms with E-state index in [4.69, 9.17) is 5.41 Å². The highest BCUT2D eigenvalue weighted by Crippen LogP contribution is 1.65. The first-order valence-electron chi connectivity index (χ1n) is 2.90. The zero-order valence-corrected chi connectivity index (χ0v) is 5.96. The molecule has 0 aromatic carbocycles. The Morgan fingerprint density at radius 2 is 2.10 bits per heavy atom. The van der Waals surface area contributed by atoms with E-state index in [2.05, 4.69) is 0 Å². The van der Waals surface area contributed by atoms with Crippen molar-refractivity contribution in [2.45, 2.75) is 0 Å². The Labute approximate surface area is 57.9 Å². The van der Waals surface area contributed by atoms with Gasteiger partial charge >= 0.3 is 0 Å². The van der Waals surface area contributed by atoms with Crippen molar-refractivity contribution in [3.63, 3.8) is 0 Å². The topological polar surface area (TPSA) is 50.8 Å². The fourth-order valence-corrected chi connectivity index (χ4v) is 0.699. The van der Waals surface area contributed by atoms with Crippen LogP contribution in [0.5, 0.6) is 0 Å². The van der Waals surface area contributed by atoms with Crippen LogP contribution < -0.4 is 11.2 Å². The van der Waals surface area contributed by atoms with Crippen LogP contribution >= 0.6 is 0 Å². The molecule has 1 N–H and O–H groups in total. The van der Waals surface area contributed by atoms with E-state index in [0.29, 0.717) is 0 Å². The van der Waals surface area contributed by atoms with Crippen molar-refractivity contribution in [2.75, 3.05) is 0 Å². The average Bonchev–Trinajstić information content (AvgIpc) is 1.93. The highest BCUT2D eigenvalue weighted by atomic mass is 16.1. The van der Waals surface area contributed by atoms with E-state index in [-0.39, 0.29) is 11.2 Å². The highest BCUT2D eigenvalue weighted by Gasteiger charge is 1.90. The van der Waals surface area contributed by atoms with Crippen LogP contribution in [0, 0.1) is 5.41 Å². The summed E-state index contributed by atoms with van der Waals surface area (Å²) in [6.45, 7) is 0. The van der Waals surface area contributed by atoms with Gasteiger partial charge in [-0.3, -0.25) is 14.8 Å². The van der Waals surface area contributed by atoms with Gasteiger partial charge in [-0.1, -0.05) is 0 Å². The standard InChI is InChI=1S/C6H9N3O/c1-8-4-3-5(10)9(2)6(8)7/h3-4,7H,1-2H3. The van der Waals surface area contributed by atoms with Crippen LogP contribution in [0.15, 0.2) is 17.1 Å². The lowest BCUT2D eigenvalue weighted by Crippen LogP contribution is -2.35. The molecule has 0 saturated heterocycles. The lowest BCUT2D eigenvalue weighted by molar-refractivity contribution is 0.647. The van der Waals surface area contributed by atoms with Crippen molar-refractivity contribution in [2.24, 2.45) is 14.1 Å². The Hall–Kier alpha value is -1.32. The van der Waals surface area contributed by atoms with Crippen molar-refractivity contribution < 1.29 is 0 Å². The fourth-order valence-electron chi connectivity index (χ4n) is 0.699. The van der Waals surface area contributed by atoms with E-state index in [1.807, 2.05) is 0 Å². The molecule has 0 unspecified atom stereocenters. The summed E-state index contributed by atoms with van der Waals surface area (Å²) >= 11 is 0. The summed E-state index contributed by atoms with van der Waals surface area (Å²) in [5.74, 6) is 0. The summed E-state index contributed by atoms with van der Waals surface area (Å²) in [5, 5.41) is 7.31. The van der Waals surface area contributed by atoms with Crippen LogP contribution in [0.25, 0.3) is 0 Å². The van der Waals surface area contributed by atoms with Crippen LogP contribution in [-0.2, 0) is 14.1 Å². The molecule has 0 radical (unpaired) electrons. The van der Waals surface area contributed by atoms with Crippen molar-refractivity contribution in [3.05, 3.63) is 28.2 Å². The minimum absolute atomic E-state index is 0.150. The first-order chi connectivity index (χ1) is 4.63. The summed E-state index contributed by atoms with van der Waals surface area (Å²) in [5.41, 5.74) is 0.0515. The molecule has 0 fully saturated rings. The average molecular weight is 139 g/mol. The Bertz CT molecular complexity index is 347. The van der Waals surface area contributed by atoms with Crippen LogP contribution in [0.1, 0.15) is 0 Å². The number of hydrogen-bond donors (Lipinski definition) is 1. The molecule has 10 heavy (non-hydrogen) atoms. The van der Waals surface area contributed by atoms with Gasteiger partial charge in [-0.2, -0.15) is 0 Å². The molecule has 0 spiro atoms. The number of rotatable bonds is 0. The van der Waals surface area contributed by atoms with Crippen molar-refractivity contribution in [1.82, 2.24) is 9.13 Å². The van der Waals surface area contributed by atoms with Crippen LogP contribution in [-0.4, -0.2) is 9.13 Å². The summed E-state index contributed by atoms with van der Waals surface area (Å²) in [7, 11) is 3.30. The van der Waals surface area contributed by atoms with E-state index in [1.165, 1.54) is 10.6 Å². The molecule has 1 aromatic heterocycles. The lowest BCUT2D eigenvalue weighted by atomic mass is 10.6. The molecular weight excluding hydrogens is 130 g/mol. The summed E-state index contributed by atoms with van der Waals surface area (Å²) < 4.78 is 2.85. The van der Waals surface area contributed by atoms with Gasteiger partial charge in [-0.15, -0.1) is 0 Å². The maximum Gasteiger partial charge on any atom is 0.254 e. The van der Waals surface area contributed by atoms with Gasteiger partial charge in [0.2, 0.25) is 5.62 Å². The molecule has 0 saturated carbocycles. The van der Waals surface area contributed by atoms with Crippen molar-refractivity contribution in [3.8, 4) is 0 Å². The molecule has 4 heteroatoms. The third-order valence-corrected chi connectivity index (χ3v) is 1.42. The van der Waals surface area contributed by atoms with Gasteiger partial charge in [-0.25, -0.2) is 0 Å². The van der Waals surface area contributed by atoms with Gasteiger partial charge in [0.05, 0.1) is 0 Å². The minimum Gasteiger partial charge on any atom is -0.322 e. The molecule has 1 heterocycles. The molecule has 4 nitrogen and oxygen atoms in total. The zero-order chi connectivity index (χ0) is 7.72. The zero-order valence-electron chi connectivity index (χ0n) is 5.96. The minimum atomic E-state index is -0.150. The molecule has 0 atom stereocenters. The number of aromatic nitrogens is 2. The second kappa shape index (κ2) is 2.13. The summed E-state index contributed by atoms with van der Waals surface area (Å²) in [6, 6.07) is 1.43. The molecular formula is C6H9N3O. The predicted octanol–water partition coefficient (Wildman–Crippen LogP) is -0.797. The fraction of sp³-hybridized carbons (Fsp3) is 0.333. The van der Waals surface area contributed by atoms with Gasteiger partial charge in [0.15, 0.2) is 0 Å². The maximum absolute atomic E-state index is 10.8. The Balaban J connectivity index is 3.66. The summed E-state index contributed by atoms with van der Waals surface area (Å²) in [6.07, 6.45) is 1.57. The monoisotopic (exact) mass is 139 g/mol. The van der Waals surface area contributed by atoms with Gasteiger partial charge in [0.25, 0.3) is 5.56 Å². The first-order valence-corrected chi connectivity index (χ1v) is 2.90. The SMILES string of the molecule is Cn1ccc(=O)n(C)c1=N. The number of nitrogens with zero attached hydrogens (tertiary/aromatic N) is 2. The molecule has 0 bridgehead atoms. The van der Waals surface area contributed by atoms with Gasteiger partial charge < -0.3 is 4.57 Å². The molecule has 0 amide bonds. The first kappa shape index (κ1) is 6.80. The molecule has 1 rings (SSSR count). The number of nitrogens with one attached hydrogen (secondary N) is 1. The largest absolute Gasteiger partial charge is 0.322 e. The van der Waals surface area contributed by atoms with E-state index in [1.54, 1.807) is 24.9 Å². The second-order valence-electron chi connectivity index (χ2n) is 2.15. The Morgan fingerprint density at radius 1 is 1.50 bits per heavy atom. The van der Waals surface area contributed by atoms with Gasteiger partial charge in [-0.05, 0) is 0 Å². The van der Waals surface area contributed by atoms with Crippen LogP contribution in [0.3, 0.4) is 0 Å². The third kappa shape index (κ3) is 0.877. The van der Waals surface area contributed by atoms with Gasteiger partial charge in [0, 0.05) is 26.4 Å². The number of hydrogen-bond acceptors (Lipinski definition) is 2. The Kier molecular flexibility index (Phi) is 1.45. The summed E-state index contributed by atoms with van der Waals surface area (Å²) in [4.78, 5) is 10.8. The van der Waals surface area contributed by atoms with Crippen molar-refractivity contribution in [1.29, 1.82) is 5.41 Å². The lowest BCUT2D eigenvalue weighted by Gasteiger charge is -2.00. The van der Waals surface area contributed by atoms with E-state index >= 15 is 0 Å². The van der Waals surface area contributed by atoms with Crippen molar-refractivity contribution >= 4 is 0 Å². The molecule has 1 aromatic rings. The van der Waals surface area contributed by atoms with Crippen LogP contribution in [0.4, 0.5) is 0 Å². The number of aryl methyl sites for hydroxylation is 1. The van der Waals surface area contributed by atoms with E-state index in [0.717, 1.165) is 0 Å². The second-order valence-corrected chi connectivity index (χ2v) is 2.15. The maximum atomic E-state index is 10.8. The normalized spacial score (nSPS) is 9.80. The van der Waals surface area contributed by atoms with Crippen LogP contribution in [0.2, 0.25) is 0 Å².